The molecule has 1 aliphatic heterocycles. The first-order chi connectivity index (χ1) is 15.1. The fourth-order valence-corrected chi connectivity index (χ4v) is 5.17. The standard InChI is InChI=1S/C22H26F3N3O3S/c1-15(2)22(16-3-5-17(23)6-4-16)26-21(29)14-27-9-11-28(12-10-27)32(30,31)20-13-18(24)7-8-19(20)25/h3-8,13,15,22H,9-12,14H2,1-2H3,(H,26,29). The molecule has 32 heavy (non-hydrogen) atoms. The van der Waals surface area contributed by atoms with Gasteiger partial charge in [0.2, 0.25) is 15.9 Å². The van der Waals surface area contributed by atoms with E-state index in [1.807, 2.05) is 13.8 Å². The molecule has 1 unspecified atom stereocenters. The molecule has 3 rings (SSSR count). The first-order valence-electron chi connectivity index (χ1n) is 10.3. The zero-order valence-corrected chi connectivity index (χ0v) is 18.7. The molecule has 0 aromatic heterocycles. The number of nitrogens with zero attached hydrogens (tertiary/aromatic N) is 2. The summed E-state index contributed by atoms with van der Waals surface area (Å²) in [7, 11) is -4.18. The Morgan fingerprint density at radius 3 is 2.16 bits per heavy atom. The molecule has 0 radical (unpaired) electrons. The maximum atomic E-state index is 14.0. The van der Waals surface area contributed by atoms with Gasteiger partial charge >= 0.3 is 0 Å². The van der Waals surface area contributed by atoms with Crippen LogP contribution in [0, 0.1) is 23.4 Å². The summed E-state index contributed by atoms with van der Waals surface area (Å²) in [6.45, 7) is 4.60. The Bertz CT molecular complexity index is 1050. The predicted octanol–water partition coefficient (Wildman–Crippen LogP) is 2.92. The first-order valence-corrected chi connectivity index (χ1v) is 11.7. The van der Waals surface area contributed by atoms with E-state index < -0.39 is 26.6 Å². The summed E-state index contributed by atoms with van der Waals surface area (Å²) in [4.78, 5) is 13.7. The van der Waals surface area contributed by atoms with Gasteiger partial charge in [-0.25, -0.2) is 21.6 Å². The van der Waals surface area contributed by atoms with Crippen LogP contribution in [0.15, 0.2) is 47.4 Å². The van der Waals surface area contributed by atoms with E-state index >= 15 is 0 Å². The second-order valence-corrected chi connectivity index (χ2v) is 10.0. The van der Waals surface area contributed by atoms with Crippen LogP contribution in [0.3, 0.4) is 0 Å². The maximum Gasteiger partial charge on any atom is 0.246 e. The Morgan fingerprint density at radius 2 is 1.56 bits per heavy atom. The summed E-state index contributed by atoms with van der Waals surface area (Å²) in [5.41, 5.74) is 0.794. The lowest BCUT2D eigenvalue weighted by atomic mass is 9.96. The van der Waals surface area contributed by atoms with Gasteiger partial charge in [-0.2, -0.15) is 4.31 Å². The molecule has 2 aromatic rings. The van der Waals surface area contributed by atoms with Crippen LogP contribution < -0.4 is 5.32 Å². The van der Waals surface area contributed by atoms with E-state index in [9.17, 15) is 26.4 Å². The molecule has 0 saturated carbocycles. The number of benzene rings is 2. The highest BCUT2D eigenvalue weighted by atomic mass is 32.2. The van der Waals surface area contributed by atoms with E-state index in [2.05, 4.69) is 5.32 Å². The van der Waals surface area contributed by atoms with Crippen molar-refractivity contribution in [3.05, 3.63) is 65.5 Å². The van der Waals surface area contributed by atoms with E-state index in [0.29, 0.717) is 6.07 Å². The van der Waals surface area contributed by atoms with E-state index in [-0.39, 0.29) is 56.4 Å². The molecule has 1 heterocycles. The van der Waals surface area contributed by atoms with Gasteiger partial charge in [0.15, 0.2) is 0 Å². The van der Waals surface area contributed by atoms with Crippen LogP contribution in [0.25, 0.3) is 0 Å². The van der Waals surface area contributed by atoms with Gasteiger partial charge in [0.25, 0.3) is 0 Å². The Morgan fingerprint density at radius 1 is 0.969 bits per heavy atom. The molecule has 6 nitrogen and oxygen atoms in total. The fourth-order valence-electron chi connectivity index (χ4n) is 3.67. The number of amides is 1. The molecule has 1 amide bonds. The molecule has 1 saturated heterocycles. The van der Waals surface area contributed by atoms with E-state index in [1.54, 1.807) is 17.0 Å². The van der Waals surface area contributed by atoms with E-state index in [4.69, 9.17) is 0 Å². The SMILES string of the molecule is CC(C)C(NC(=O)CN1CCN(S(=O)(=O)c2cc(F)ccc2F)CC1)c1ccc(F)cc1. The second kappa shape index (κ2) is 10.0. The van der Waals surface area contributed by atoms with Gasteiger partial charge in [-0.15, -0.1) is 0 Å². The van der Waals surface area contributed by atoms with Gasteiger partial charge < -0.3 is 5.32 Å². The van der Waals surface area contributed by atoms with Crippen molar-refractivity contribution in [2.75, 3.05) is 32.7 Å². The van der Waals surface area contributed by atoms with Gasteiger partial charge in [0.1, 0.15) is 22.3 Å². The van der Waals surface area contributed by atoms with Gasteiger partial charge in [0.05, 0.1) is 12.6 Å². The molecular formula is C22H26F3N3O3S. The van der Waals surface area contributed by atoms with Crippen LogP contribution in [-0.4, -0.2) is 56.3 Å². The first kappa shape index (κ1) is 24.2. The van der Waals surface area contributed by atoms with Gasteiger partial charge in [0, 0.05) is 26.2 Å². The molecule has 1 fully saturated rings. The van der Waals surface area contributed by atoms with Gasteiger partial charge in [-0.3, -0.25) is 9.69 Å². The van der Waals surface area contributed by atoms with Crippen molar-refractivity contribution >= 4 is 15.9 Å². The van der Waals surface area contributed by atoms with Crippen LogP contribution >= 0.6 is 0 Å². The van der Waals surface area contributed by atoms with Crippen molar-refractivity contribution in [1.29, 1.82) is 0 Å². The number of sulfonamides is 1. The number of nitrogens with one attached hydrogen (secondary N) is 1. The third kappa shape index (κ3) is 5.67. The highest BCUT2D eigenvalue weighted by molar-refractivity contribution is 7.89. The molecule has 0 aliphatic carbocycles. The largest absolute Gasteiger partial charge is 0.348 e. The van der Waals surface area contributed by atoms with Crippen molar-refractivity contribution in [2.45, 2.75) is 24.8 Å². The summed E-state index contributed by atoms with van der Waals surface area (Å²) in [6.07, 6.45) is 0. The Hall–Kier alpha value is -2.43. The molecule has 0 spiro atoms. The Labute approximate surface area is 186 Å². The second-order valence-electron chi connectivity index (χ2n) is 8.10. The normalized spacial score (nSPS) is 16.8. The molecule has 1 aliphatic rings. The monoisotopic (exact) mass is 469 g/mol. The summed E-state index contributed by atoms with van der Waals surface area (Å²) >= 11 is 0. The van der Waals surface area contributed by atoms with E-state index in [0.717, 1.165) is 22.0 Å². The van der Waals surface area contributed by atoms with Crippen LogP contribution in [-0.2, 0) is 14.8 Å². The molecule has 10 heteroatoms. The zero-order chi connectivity index (χ0) is 23.5. The summed E-state index contributed by atoms with van der Waals surface area (Å²) in [6, 6.07) is 7.99. The lowest BCUT2D eigenvalue weighted by Gasteiger charge is -2.34. The van der Waals surface area contributed by atoms with E-state index in [1.165, 1.54) is 12.1 Å². The van der Waals surface area contributed by atoms with Crippen LogP contribution in [0.4, 0.5) is 13.2 Å². The van der Waals surface area contributed by atoms with Gasteiger partial charge in [-0.1, -0.05) is 26.0 Å². The van der Waals surface area contributed by atoms with Gasteiger partial charge in [-0.05, 0) is 41.8 Å². The maximum absolute atomic E-state index is 14.0. The minimum atomic E-state index is -4.18. The summed E-state index contributed by atoms with van der Waals surface area (Å²) in [5, 5.41) is 2.95. The van der Waals surface area contributed by atoms with Crippen molar-refractivity contribution < 1.29 is 26.4 Å². The Kier molecular flexibility index (Phi) is 7.58. The van der Waals surface area contributed by atoms with Crippen molar-refractivity contribution in [3.63, 3.8) is 0 Å². The molecule has 2 aromatic carbocycles. The number of halogens is 3. The van der Waals surface area contributed by atoms with Crippen molar-refractivity contribution in [2.24, 2.45) is 5.92 Å². The average molecular weight is 470 g/mol. The number of carbonyl (C=O) groups is 1. The smallest absolute Gasteiger partial charge is 0.246 e. The highest BCUT2D eigenvalue weighted by Gasteiger charge is 2.31. The van der Waals surface area contributed by atoms with Crippen molar-refractivity contribution in [3.8, 4) is 0 Å². The number of carbonyl (C=O) groups excluding carboxylic acids is 1. The lowest BCUT2D eigenvalue weighted by Crippen LogP contribution is -2.51. The fraction of sp³-hybridized carbons (Fsp3) is 0.409. The third-order valence-electron chi connectivity index (χ3n) is 5.42. The molecule has 174 valence electrons. The molecular weight excluding hydrogens is 443 g/mol. The average Bonchev–Trinajstić information content (AvgIpc) is 2.74. The number of hydrogen-bond donors (Lipinski definition) is 1. The molecule has 1 N–H and O–H groups in total. The number of rotatable bonds is 7. The van der Waals surface area contributed by atoms with Crippen LogP contribution in [0.1, 0.15) is 25.5 Å². The number of hydrogen-bond acceptors (Lipinski definition) is 4. The lowest BCUT2D eigenvalue weighted by molar-refractivity contribution is -0.123. The minimum absolute atomic E-state index is 0.0527. The number of piperazine rings is 1. The summed E-state index contributed by atoms with van der Waals surface area (Å²) in [5.74, 6) is -2.35. The minimum Gasteiger partial charge on any atom is -0.348 e. The van der Waals surface area contributed by atoms with Crippen LogP contribution in [0.5, 0.6) is 0 Å². The third-order valence-corrected chi connectivity index (χ3v) is 7.34. The predicted molar refractivity (Wildman–Crippen MR) is 114 cm³/mol. The summed E-state index contributed by atoms with van der Waals surface area (Å²) < 4.78 is 67.1. The quantitative estimate of drug-likeness (QED) is 0.677. The topological polar surface area (TPSA) is 69.7 Å². The molecule has 1 atom stereocenters. The zero-order valence-electron chi connectivity index (χ0n) is 17.9. The van der Waals surface area contributed by atoms with Crippen molar-refractivity contribution in [1.82, 2.24) is 14.5 Å². The Balaban J connectivity index is 1.58. The molecule has 0 bridgehead atoms. The highest BCUT2D eigenvalue weighted by Crippen LogP contribution is 2.23. The van der Waals surface area contributed by atoms with Crippen LogP contribution in [0.2, 0.25) is 0 Å².